The Morgan fingerprint density at radius 1 is 0.769 bits per heavy atom. The average molecular weight is 259 g/mol. The number of rotatable bonds is 0. The van der Waals surface area contributed by atoms with Crippen LogP contribution in [0.15, 0.2) is 0 Å². The van der Waals surface area contributed by atoms with Crippen LogP contribution in [0, 0.1) is 0 Å². The predicted octanol–water partition coefficient (Wildman–Crippen LogP) is -4.61. The fraction of sp³-hybridized carbons (Fsp3) is 1.00. The van der Waals surface area contributed by atoms with Gasteiger partial charge < -0.3 is 0 Å². The van der Waals surface area contributed by atoms with Crippen LogP contribution in [-0.2, 0) is 0 Å². The summed E-state index contributed by atoms with van der Waals surface area (Å²) in [5.74, 6) is 0. The summed E-state index contributed by atoms with van der Waals surface area (Å²) in [7, 11) is 0. The first-order chi connectivity index (χ1) is 5.80. The molecule has 0 saturated heterocycles. The van der Waals surface area contributed by atoms with Gasteiger partial charge in [0.05, 0.1) is 0 Å². The maximum atomic E-state index is 9.41. The van der Waals surface area contributed by atoms with Crippen molar-refractivity contribution in [3.05, 3.63) is 0 Å². The van der Waals surface area contributed by atoms with Crippen molar-refractivity contribution in [3.8, 4) is 0 Å². The van der Waals surface area contributed by atoms with Gasteiger partial charge in [-0.1, -0.05) is 0 Å². The van der Waals surface area contributed by atoms with Crippen LogP contribution in [-0.4, -0.2) is 81.7 Å². The van der Waals surface area contributed by atoms with Gasteiger partial charge in [0.25, 0.3) is 0 Å². The fourth-order valence-corrected chi connectivity index (χ4v) is 1.89. The van der Waals surface area contributed by atoms with Gasteiger partial charge >= 0.3 is 81.7 Å². The van der Waals surface area contributed by atoms with E-state index in [1.54, 1.807) is 16.0 Å². The minimum atomic E-state index is -2.09. The molecule has 1 saturated carbocycles. The molecular formula is C6H12O6Se. The summed E-state index contributed by atoms with van der Waals surface area (Å²) in [6.07, 6.45) is -8.49. The Hall–Kier alpha value is 0.279. The summed E-state index contributed by atoms with van der Waals surface area (Å²) >= 11 is 1.57. The van der Waals surface area contributed by atoms with E-state index in [2.05, 4.69) is 0 Å². The van der Waals surface area contributed by atoms with Gasteiger partial charge in [-0.25, -0.2) is 0 Å². The number of aliphatic hydroxyl groups is 6. The summed E-state index contributed by atoms with van der Waals surface area (Å²) in [4.78, 5) is 0. The molecule has 13 heavy (non-hydrogen) atoms. The van der Waals surface area contributed by atoms with Crippen LogP contribution in [0.4, 0.5) is 0 Å². The van der Waals surface area contributed by atoms with E-state index in [4.69, 9.17) is 15.3 Å². The monoisotopic (exact) mass is 260 g/mol. The summed E-state index contributed by atoms with van der Waals surface area (Å²) in [6.45, 7) is 0. The molecule has 0 heterocycles. The van der Waals surface area contributed by atoms with Crippen molar-refractivity contribution in [2.75, 3.05) is 0 Å². The van der Waals surface area contributed by atoms with Crippen LogP contribution >= 0.6 is 0 Å². The van der Waals surface area contributed by atoms with E-state index in [0.717, 1.165) is 0 Å². The molecule has 0 spiro atoms. The molecule has 0 bridgehead atoms. The molecule has 7 heteroatoms. The Bertz CT molecular complexity index is 180. The standard InChI is InChI=1S/C6H12O6Se/c7-1-2(8)4(10)6(12,13)5(11)3(1)9/h1-5,7-13H/t1?,2-,3+,4-,5-,6?/m1/s1. The molecule has 0 radical (unpaired) electrons. The zero-order valence-electron chi connectivity index (χ0n) is 6.52. The van der Waals surface area contributed by atoms with Crippen LogP contribution in [0.3, 0.4) is 0 Å². The Morgan fingerprint density at radius 3 is 1.38 bits per heavy atom. The van der Waals surface area contributed by atoms with E-state index in [0.29, 0.717) is 0 Å². The molecule has 2 unspecified atom stereocenters. The normalized spacial score (nSPS) is 57.9. The summed E-state index contributed by atoms with van der Waals surface area (Å²) < 4.78 is -2.09. The second-order valence-electron chi connectivity index (χ2n) is 3.14. The molecule has 6 atom stereocenters. The van der Waals surface area contributed by atoms with Gasteiger partial charge in [0.15, 0.2) is 0 Å². The Balaban J connectivity index is 2.93. The van der Waals surface area contributed by atoms with Crippen molar-refractivity contribution in [1.29, 1.82) is 0 Å². The third-order valence-electron chi connectivity index (χ3n) is 2.22. The van der Waals surface area contributed by atoms with Gasteiger partial charge in [-0.05, 0) is 0 Å². The molecule has 0 amide bonds. The van der Waals surface area contributed by atoms with Crippen LogP contribution < -0.4 is 0 Å². The first-order valence-electron chi connectivity index (χ1n) is 3.65. The number of aliphatic hydroxyl groups excluding tert-OH is 5. The van der Waals surface area contributed by atoms with Gasteiger partial charge in [-0.2, -0.15) is 0 Å². The van der Waals surface area contributed by atoms with Gasteiger partial charge in [0.2, 0.25) is 0 Å². The second-order valence-corrected chi connectivity index (χ2v) is 4.65. The quantitative estimate of drug-likeness (QED) is 0.243. The van der Waals surface area contributed by atoms with E-state index in [9.17, 15) is 15.3 Å². The summed E-state index contributed by atoms with van der Waals surface area (Å²) in [6, 6.07) is 0. The molecule has 6 N–H and O–H groups in total. The fourth-order valence-electron chi connectivity index (χ4n) is 1.25. The van der Waals surface area contributed by atoms with Crippen LogP contribution in [0.5, 0.6) is 0 Å². The van der Waals surface area contributed by atoms with Gasteiger partial charge in [-0.15, -0.1) is 0 Å². The topological polar surface area (TPSA) is 121 Å². The molecule has 0 aliphatic heterocycles. The number of hydrogen-bond acceptors (Lipinski definition) is 6. The first kappa shape index (κ1) is 11.4. The number of hydrogen-bond donors (Lipinski definition) is 6. The Kier molecular flexibility index (Phi) is 3.01. The third kappa shape index (κ3) is 1.62. The SMILES string of the molecule is OC1[C@@H](O)[C@@H](O)C(O)([SeH])[C@H](O)[C@H]1O. The van der Waals surface area contributed by atoms with E-state index in [-0.39, 0.29) is 0 Å². The van der Waals surface area contributed by atoms with Crippen LogP contribution in [0.2, 0.25) is 0 Å². The van der Waals surface area contributed by atoms with Gasteiger partial charge in [0.1, 0.15) is 0 Å². The van der Waals surface area contributed by atoms with Crippen LogP contribution in [0.1, 0.15) is 0 Å². The van der Waals surface area contributed by atoms with Crippen molar-refractivity contribution < 1.29 is 30.6 Å². The predicted molar refractivity (Wildman–Crippen MR) is 42.1 cm³/mol. The molecule has 1 rings (SSSR count). The molecule has 78 valence electrons. The first-order valence-corrected chi connectivity index (χ1v) is 4.59. The maximum absolute atomic E-state index is 9.41. The molecule has 1 aliphatic carbocycles. The van der Waals surface area contributed by atoms with Crippen molar-refractivity contribution in [2.24, 2.45) is 0 Å². The van der Waals surface area contributed by atoms with Crippen molar-refractivity contribution in [1.82, 2.24) is 0 Å². The molecular weight excluding hydrogens is 247 g/mol. The van der Waals surface area contributed by atoms with Gasteiger partial charge in [0, 0.05) is 0 Å². The second kappa shape index (κ2) is 3.45. The molecule has 6 nitrogen and oxygen atoms in total. The van der Waals surface area contributed by atoms with E-state index in [1.165, 1.54) is 0 Å². The van der Waals surface area contributed by atoms with Gasteiger partial charge in [-0.3, -0.25) is 0 Å². The molecule has 0 aromatic rings. The van der Waals surface area contributed by atoms with Crippen LogP contribution in [0.25, 0.3) is 0 Å². The zero-order valence-corrected chi connectivity index (χ0v) is 8.39. The van der Waals surface area contributed by atoms with Crippen molar-refractivity contribution in [3.63, 3.8) is 0 Å². The van der Waals surface area contributed by atoms with Crippen molar-refractivity contribution in [2.45, 2.75) is 35.0 Å². The molecule has 1 fully saturated rings. The molecule has 0 aromatic carbocycles. The average Bonchev–Trinajstić information content (AvgIpc) is 2.09. The molecule has 0 aromatic heterocycles. The minimum absolute atomic E-state index is 1.57. The van der Waals surface area contributed by atoms with Crippen molar-refractivity contribution >= 4 is 16.0 Å². The third-order valence-corrected chi connectivity index (χ3v) is 3.33. The Labute approximate surface area is 82.3 Å². The Morgan fingerprint density at radius 2 is 1.08 bits per heavy atom. The molecule has 1 aliphatic rings. The van der Waals surface area contributed by atoms with E-state index >= 15 is 0 Å². The van der Waals surface area contributed by atoms with E-state index < -0.39 is 35.0 Å². The van der Waals surface area contributed by atoms with E-state index in [1.807, 2.05) is 0 Å². The zero-order chi connectivity index (χ0) is 10.4. The summed E-state index contributed by atoms with van der Waals surface area (Å²) in [5.41, 5.74) is 0. The summed E-state index contributed by atoms with van der Waals surface area (Å²) in [5, 5.41) is 55.2.